The van der Waals surface area contributed by atoms with Crippen molar-refractivity contribution in [2.24, 2.45) is 0 Å². The predicted octanol–water partition coefficient (Wildman–Crippen LogP) is 0.269. The van der Waals surface area contributed by atoms with Crippen molar-refractivity contribution >= 4 is 5.91 Å². The summed E-state index contributed by atoms with van der Waals surface area (Å²) in [6.45, 7) is 0.475. The van der Waals surface area contributed by atoms with Gasteiger partial charge in [0, 0.05) is 18.5 Å². The monoisotopic (exact) mass is 246 g/mol. The van der Waals surface area contributed by atoms with E-state index in [9.17, 15) is 4.79 Å². The summed E-state index contributed by atoms with van der Waals surface area (Å²) in [7, 11) is 0. The Kier molecular flexibility index (Phi) is 4.03. The first kappa shape index (κ1) is 12.3. The molecule has 0 aliphatic rings. The summed E-state index contributed by atoms with van der Waals surface area (Å²) in [6.07, 6.45) is 2.05. The molecule has 94 valence electrons. The van der Waals surface area contributed by atoms with Crippen molar-refractivity contribution in [3.63, 3.8) is 0 Å². The molecule has 1 aromatic carbocycles. The van der Waals surface area contributed by atoms with Gasteiger partial charge in [-0.3, -0.25) is 9.89 Å². The van der Waals surface area contributed by atoms with Gasteiger partial charge in [-0.15, -0.1) is 0 Å². The van der Waals surface area contributed by atoms with Crippen molar-refractivity contribution in [1.29, 1.82) is 0 Å². The van der Waals surface area contributed by atoms with Crippen LogP contribution < -0.4 is 5.32 Å². The molecule has 6 heteroatoms. The summed E-state index contributed by atoms with van der Waals surface area (Å²) in [4.78, 5) is 15.7. The van der Waals surface area contributed by atoms with Crippen LogP contribution in [0.5, 0.6) is 0 Å². The van der Waals surface area contributed by atoms with Gasteiger partial charge < -0.3 is 10.4 Å². The maximum absolute atomic E-state index is 11.8. The first-order valence-corrected chi connectivity index (χ1v) is 5.62. The second-order valence-corrected chi connectivity index (χ2v) is 3.79. The van der Waals surface area contributed by atoms with Gasteiger partial charge in [0.2, 0.25) is 0 Å². The maximum Gasteiger partial charge on any atom is 0.251 e. The minimum absolute atomic E-state index is 0.0204. The van der Waals surface area contributed by atoms with Crippen LogP contribution in [-0.2, 0) is 13.0 Å². The summed E-state index contributed by atoms with van der Waals surface area (Å²) in [5.41, 5.74) is 1.36. The summed E-state index contributed by atoms with van der Waals surface area (Å²) < 4.78 is 0. The molecule has 6 nitrogen and oxygen atoms in total. The Morgan fingerprint density at radius 1 is 1.33 bits per heavy atom. The molecule has 0 saturated carbocycles. The molecule has 0 fully saturated rings. The number of aliphatic hydroxyl groups is 1. The average molecular weight is 246 g/mol. The van der Waals surface area contributed by atoms with Crippen molar-refractivity contribution in [2.45, 2.75) is 13.0 Å². The van der Waals surface area contributed by atoms with E-state index < -0.39 is 0 Å². The lowest BCUT2D eigenvalue weighted by Crippen LogP contribution is -2.25. The Bertz CT molecular complexity index is 493. The largest absolute Gasteiger partial charge is 0.392 e. The molecule has 3 N–H and O–H groups in total. The van der Waals surface area contributed by atoms with Crippen molar-refractivity contribution < 1.29 is 9.90 Å². The van der Waals surface area contributed by atoms with E-state index in [-0.39, 0.29) is 12.5 Å². The Morgan fingerprint density at radius 3 is 2.72 bits per heavy atom. The van der Waals surface area contributed by atoms with E-state index in [1.807, 2.05) is 0 Å². The number of hydrogen-bond acceptors (Lipinski definition) is 4. The maximum atomic E-state index is 11.8. The molecular weight excluding hydrogens is 232 g/mol. The molecule has 1 aromatic heterocycles. The molecular formula is C12H14N4O2. The third kappa shape index (κ3) is 3.14. The zero-order chi connectivity index (χ0) is 12.8. The quantitative estimate of drug-likeness (QED) is 0.706. The second-order valence-electron chi connectivity index (χ2n) is 3.79. The predicted molar refractivity (Wildman–Crippen MR) is 64.8 cm³/mol. The SMILES string of the molecule is O=C(NCCc1ncn[nH]1)c1ccc(CO)cc1. The lowest BCUT2D eigenvalue weighted by molar-refractivity contribution is 0.0954. The van der Waals surface area contributed by atoms with Gasteiger partial charge in [-0.1, -0.05) is 12.1 Å². The fourth-order valence-corrected chi connectivity index (χ4v) is 1.51. The van der Waals surface area contributed by atoms with Gasteiger partial charge >= 0.3 is 0 Å². The molecule has 0 aliphatic heterocycles. The van der Waals surface area contributed by atoms with Gasteiger partial charge in [-0.25, -0.2) is 4.98 Å². The zero-order valence-corrected chi connectivity index (χ0v) is 9.76. The van der Waals surface area contributed by atoms with Gasteiger partial charge in [0.25, 0.3) is 5.91 Å². The van der Waals surface area contributed by atoms with E-state index in [0.717, 1.165) is 11.4 Å². The number of H-pyrrole nitrogens is 1. The van der Waals surface area contributed by atoms with Gasteiger partial charge in [0.05, 0.1) is 6.61 Å². The summed E-state index contributed by atoms with van der Waals surface area (Å²) in [6, 6.07) is 6.83. The minimum atomic E-state index is -0.140. The van der Waals surface area contributed by atoms with Crippen LogP contribution in [0.2, 0.25) is 0 Å². The Balaban J connectivity index is 1.83. The molecule has 0 unspecified atom stereocenters. The van der Waals surface area contributed by atoms with Crippen LogP contribution in [-0.4, -0.2) is 32.7 Å². The highest BCUT2D eigenvalue weighted by atomic mass is 16.3. The number of benzene rings is 1. The van der Waals surface area contributed by atoms with Crippen LogP contribution in [0.4, 0.5) is 0 Å². The van der Waals surface area contributed by atoms with E-state index in [1.165, 1.54) is 6.33 Å². The van der Waals surface area contributed by atoms with Crippen LogP contribution in [0.15, 0.2) is 30.6 Å². The molecule has 18 heavy (non-hydrogen) atoms. The highest BCUT2D eigenvalue weighted by molar-refractivity contribution is 5.94. The highest BCUT2D eigenvalue weighted by Gasteiger charge is 2.05. The minimum Gasteiger partial charge on any atom is -0.392 e. The van der Waals surface area contributed by atoms with E-state index in [1.54, 1.807) is 24.3 Å². The molecule has 0 atom stereocenters. The zero-order valence-electron chi connectivity index (χ0n) is 9.76. The van der Waals surface area contributed by atoms with Crippen LogP contribution in [0.3, 0.4) is 0 Å². The molecule has 1 heterocycles. The molecule has 0 radical (unpaired) electrons. The number of amides is 1. The van der Waals surface area contributed by atoms with E-state index in [2.05, 4.69) is 20.5 Å². The average Bonchev–Trinajstić information content (AvgIpc) is 2.92. The summed E-state index contributed by atoms with van der Waals surface area (Å²) >= 11 is 0. The molecule has 0 spiro atoms. The first-order valence-electron chi connectivity index (χ1n) is 5.62. The van der Waals surface area contributed by atoms with Crippen molar-refractivity contribution in [1.82, 2.24) is 20.5 Å². The second kappa shape index (κ2) is 5.92. The molecule has 0 bridgehead atoms. The van der Waals surface area contributed by atoms with Gasteiger partial charge in [-0.2, -0.15) is 5.10 Å². The molecule has 2 rings (SSSR count). The molecule has 0 aliphatic carbocycles. The van der Waals surface area contributed by atoms with Crippen molar-refractivity contribution in [3.05, 3.63) is 47.5 Å². The Morgan fingerprint density at radius 2 is 2.11 bits per heavy atom. The third-order valence-corrected chi connectivity index (χ3v) is 2.51. The van der Waals surface area contributed by atoms with Gasteiger partial charge in [0.15, 0.2) is 0 Å². The number of hydrogen-bond donors (Lipinski definition) is 3. The number of carbonyl (C=O) groups is 1. The van der Waals surface area contributed by atoms with E-state index >= 15 is 0 Å². The Labute approximate surface area is 104 Å². The van der Waals surface area contributed by atoms with Crippen LogP contribution in [0.25, 0.3) is 0 Å². The smallest absolute Gasteiger partial charge is 0.251 e. The number of aliphatic hydroxyl groups excluding tert-OH is 1. The van der Waals surface area contributed by atoms with Gasteiger partial charge in [0.1, 0.15) is 12.2 Å². The summed E-state index contributed by atoms with van der Waals surface area (Å²) in [5, 5.41) is 18.1. The van der Waals surface area contributed by atoms with Crippen LogP contribution >= 0.6 is 0 Å². The normalized spacial score (nSPS) is 10.3. The van der Waals surface area contributed by atoms with Crippen LogP contribution in [0.1, 0.15) is 21.7 Å². The first-order chi connectivity index (χ1) is 8.79. The van der Waals surface area contributed by atoms with Crippen molar-refractivity contribution in [3.8, 4) is 0 Å². The fraction of sp³-hybridized carbons (Fsp3) is 0.250. The number of nitrogens with zero attached hydrogens (tertiary/aromatic N) is 2. The summed E-state index contributed by atoms with van der Waals surface area (Å²) in [5.74, 6) is 0.602. The van der Waals surface area contributed by atoms with Gasteiger partial charge in [-0.05, 0) is 17.7 Å². The molecule has 1 amide bonds. The topological polar surface area (TPSA) is 90.9 Å². The number of aromatic amines is 1. The standard InChI is InChI=1S/C12H14N4O2/c17-7-9-1-3-10(4-2-9)12(18)13-6-5-11-14-8-15-16-11/h1-4,8,17H,5-7H2,(H,13,18)(H,14,15,16). The number of nitrogens with one attached hydrogen (secondary N) is 2. The number of carbonyl (C=O) groups excluding carboxylic acids is 1. The third-order valence-electron chi connectivity index (χ3n) is 2.51. The molecule has 2 aromatic rings. The fourth-order valence-electron chi connectivity index (χ4n) is 1.51. The lowest BCUT2D eigenvalue weighted by Gasteiger charge is -2.04. The Hall–Kier alpha value is -2.21. The number of rotatable bonds is 5. The van der Waals surface area contributed by atoms with Crippen LogP contribution in [0, 0.1) is 0 Å². The van der Waals surface area contributed by atoms with E-state index in [4.69, 9.17) is 5.11 Å². The lowest BCUT2D eigenvalue weighted by atomic mass is 10.1. The molecule has 0 saturated heterocycles. The highest BCUT2D eigenvalue weighted by Crippen LogP contribution is 2.04. The van der Waals surface area contributed by atoms with Crippen molar-refractivity contribution in [2.75, 3.05) is 6.54 Å². The van der Waals surface area contributed by atoms with E-state index in [0.29, 0.717) is 18.5 Å². The number of aromatic nitrogens is 3.